The lowest BCUT2D eigenvalue weighted by Gasteiger charge is -2.42. The summed E-state index contributed by atoms with van der Waals surface area (Å²) in [6.07, 6.45) is 11.4. The van der Waals surface area contributed by atoms with Gasteiger partial charge in [-0.25, -0.2) is 4.57 Å². The zero-order chi connectivity index (χ0) is 29.2. The standard InChI is InChI=1S/C38H43BrN2/c1-8-38(9-2)31(28-17-16-27(39)24-30(28)35-15-11-13-21-41(35)38)22-26-23-32-33(37(5,6)19-18-36(32,3)4)25-29(26)34-14-10-12-20-40(34)7/h10-17,20-25H,8-9,18-19H2,1-7H3/q+2. The largest absolute Gasteiger partial charge is 0.213 e. The first-order valence-corrected chi connectivity index (χ1v) is 16.0. The van der Waals surface area contributed by atoms with Gasteiger partial charge in [-0.15, -0.1) is 0 Å². The van der Waals surface area contributed by atoms with Crippen LogP contribution in [0.4, 0.5) is 0 Å². The molecule has 0 radical (unpaired) electrons. The molecule has 3 heterocycles. The van der Waals surface area contributed by atoms with Crippen LogP contribution < -0.4 is 9.13 Å². The van der Waals surface area contributed by atoms with Crippen molar-refractivity contribution in [3.63, 3.8) is 0 Å². The van der Waals surface area contributed by atoms with Gasteiger partial charge in [-0.05, 0) is 82.3 Å². The summed E-state index contributed by atoms with van der Waals surface area (Å²) >= 11 is 3.77. The highest BCUT2D eigenvalue weighted by molar-refractivity contribution is 9.10. The zero-order valence-corrected chi connectivity index (χ0v) is 27.3. The van der Waals surface area contributed by atoms with Gasteiger partial charge >= 0.3 is 0 Å². The van der Waals surface area contributed by atoms with Crippen molar-refractivity contribution in [2.24, 2.45) is 7.05 Å². The average molecular weight is 608 g/mol. The van der Waals surface area contributed by atoms with E-state index in [2.05, 4.69) is 159 Å². The first kappa shape index (κ1) is 28.1. The van der Waals surface area contributed by atoms with Crippen LogP contribution in [-0.2, 0) is 23.4 Å². The molecule has 2 aliphatic rings. The molecule has 0 bridgehead atoms. The summed E-state index contributed by atoms with van der Waals surface area (Å²) in [5, 5.41) is 0. The molecule has 4 aromatic rings. The predicted molar refractivity (Wildman–Crippen MR) is 175 cm³/mol. The van der Waals surface area contributed by atoms with Crippen LogP contribution in [0, 0.1) is 0 Å². The minimum Gasteiger partial charge on any atom is -0.201 e. The van der Waals surface area contributed by atoms with E-state index in [-0.39, 0.29) is 16.4 Å². The first-order valence-electron chi connectivity index (χ1n) is 15.2. The number of benzene rings is 2. The van der Waals surface area contributed by atoms with E-state index >= 15 is 0 Å². The molecule has 3 heteroatoms. The van der Waals surface area contributed by atoms with Gasteiger partial charge in [0.25, 0.3) is 0 Å². The molecule has 0 saturated carbocycles. The number of aryl methyl sites for hydroxylation is 1. The molecule has 1 aliphatic carbocycles. The molecule has 0 unspecified atom stereocenters. The van der Waals surface area contributed by atoms with E-state index < -0.39 is 0 Å². The van der Waals surface area contributed by atoms with Crippen LogP contribution in [0.25, 0.3) is 34.2 Å². The van der Waals surface area contributed by atoms with Gasteiger partial charge < -0.3 is 0 Å². The number of rotatable bonds is 4. The summed E-state index contributed by atoms with van der Waals surface area (Å²) in [6.45, 7) is 14.4. The van der Waals surface area contributed by atoms with Gasteiger partial charge in [0.2, 0.25) is 11.4 Å². The summed E-state index contributed by atoms with van der Waals surface area (Å²) in [4.78, 5) is 0. The third-order valence-corrected chi connectivity index (χ3v) is 10.7. The topological polar surface area (TPSA) is 7.76 Å². The third kappa shape index (κ3) is 4.43. The number of hydrogen-bond donors (Lipinski definition) is 0. The molecule has 2 nitrogen and oxygen atoms in total. The van der Waals surface area contributed by atoms with Crippen molar-refractivity contribution >= 4 is 27.6 Å². The van der Waals surface area contributed by atoms with Crippen molar-refractivity contribution < 1.29 is 9.13 Å². The van der Waals surface area contributed by atoms with Gasteiger partial charge in [0, 0.05) is 47.2 Å². The third-order valence-electron chi connectivity index (χ3n) is 10.2. The Kier molecular flexibility index (Phi) is 6.89. The van der Waals surface area contributed by atoms with Gasteiger partial charge in [-0.1, -0.05) is 69.6 Å². The first-order chi connectivity index (χ1) is 19.5. The van der Waals surface area contributed by atoms with Crippen LogP contribution in [-0.4, -0.2) is 0 Å². The van der Waals surface area contributed by atoms with Crippen molar-refractivity contribution in [1.29, 1.82) is 0 Å². The summed E-state index contributed by atoms with van der Waals surface area (Å²) in [5.41, 5.74) is 12.3. The fraction of sp³-hybridized carbons (Fsp3) is 0.368. The SMILES string of the molecule is CCC1(CC)C(=Cc2cc3c(cc2-c2cccc[n+]2C)C(C)(C)CCC3(C)C)c2ccc(Br)cc2-c2cccc[n+]21. The van der Waals surface area contributed by atoms with Crippen LogP contribution in [0.5, 0.6) is 0 Å². The molecule has 0 atom stereocenters. The van der Waals surface area contributed by atoms with E-state index in [0.29, 0.717) is 0 Å². The molecule has 0 saturated heterocycles. The summed E-state index contributed by atoms with van der Waals surface area (Å²) in [7, 11) is 2.17. The summed E-state index contributed by atoms with van der Waals surface area (Å²) in [5.74, 6) is 0. The molecule has 0 spiro atoms. The normalized spacial score (nSPS) is 18.9. The average Bonchev–Trinajstić information content (AvgIpc) is 2.96. The number of nitrogens with zero attached hydrogens (tertiary/aromatic N) is 2. The second kappa shape index (κ2) is 10.1. The fourth-order valence-corrected chi connectivity index (χ4v) is 7.85. The van der Waals surface area contributed by atoms with Gasteiger partial charge in [0.1, 0.15) is 7.05 Å². The van der Waals surface area contributed by atoms with Crippen molar-refractivity contribution in [2.75, 3.05) is 0 Å². The van der Waals surface area contributed by atoms with Crippen LogP contribution in [0.3, 0.4) is 0 Å². The van der Waals surface area contributed by atoms with Gasteiger partial charge in [-0.2, -0.15) is 4.57 Å². The van der Waals surface area contributed by atoms with E-state index in [1.165, 1.54) is 63.2 Å². The number of allylic oxidation sites excluding steroid dienone is 1. The van der Waals surface area contributed by atoms with Gasteiger partial charge in [-0.3, -0.25) is 0 Å². The summed E-state index contributed by atoms with van der Waals surface area (Å²) < 4.78 is 5.93. The highest BCUT2D eigenvalue weighted by atomic mass is 79.9. The van der Waals surface area contributed by atoms with Gasteiger partial charge in [0.15, 0.2) is 17.9 Å². The molecular weight excluding hydrogens is 564 g/mol. The molecule has 0 fully saturated rings. The second-order valence-electron chi connectivity index (χ2n) is 13.4. The number of pyridine rings is 2. The Balaban J connectivity index is 1.73. The molecule has 0 amide bonds. The number of aromatic nitrogens is 2. The zero-order valence-electron chi connectivity index (χ0n) is 25.7. The van der Waals surface area contributed by atoms with Crippen molar-refractivity contribution in [3.05, 3.63) is 106 Å². The highest BCUT2D eigenvalue weighted by Crippen LogP contribution is 2.50. The number of fused-ring (bicyclic) bond motifs is 4. The molecule has 41 heavy (non-hydrogen) atoms. The van der Waals surface area contributed by atoms with Crippen LogP contribution in [0.1, 0.15) is 89.5 Å². The quantitative estimate of drug-likeness (QED) is 0.204. The van der Waals surface area contributed by atoms with E-state index in [4.69, 9.17) is 0 Å². The Morgan fingerprint density at radius 3 is 2.02 bits per heavy atom. The molecule has 210 valence electrons. The second-order valence-corrected chi connectivity index (χ2v) is 14.3. The maximum Gasteiger partial charge on any atom is 0.213 e. The van der Waals surface area contributed by atoms with E-state index in [0.717, 1.165) is 17.3 Å². The van der Waals surface area contributed by atoms with Crippen molar-refractivity contribution in [3.8, 4) is 22.5 Å². The van der Waals surface area contributed by atoms with Gasteiger partial charge in [0.05, 0.1) is 11.1 Å². The molecule has 0 N–H and O–H groups in total. The minimum atomic E-state index is -0.141. The van der Waals surface area contributed by atoms with Crippen LogP contribution in [0.2, 0.25) is 0 Å². The maximum atomic E-state index is 3.77. The molecule has 1 aliphatic heterocycles. The molecule has 6 rings (SSSR count). The fourth-order valence-electron chi connectivity index (χ4n) is 7.49. The Hall–Kier alpha value is -3.04. The van der Waals surface area contributed by atoms with E-state index in [1.54, 1.807) is 0 Å². The molecule has 2 aromatic carbocycles. The highest BCUT2D eigenvalue weighted by Gasteiger charge is 2.48. The Morgan fingerprint density at radius 1 is 0.732 bits per heavy atom. The lowest BCUT2D eigenvalue weighted by atomic mass is 9.62. The Bertz CT molecular complexity index is 1690. The summed E-state index contributed by atoms with van der Waals surface area (Å²) in [6, 6.07) is 25.1. The smallest absolute Gasteiger partial charge is 0.201 e. The number of halogens is 1. The lowest BCUT2D eigenvalue weighted by molar-refractivity contribution is -0.741. The van der Waals surface area contributed by atoms with Crippen LogP contribution in [0.15, 0.2) is 83.6 Å². The van der Waals surface area contributed by atoms with E-state index in [9.17, 15) is 0 Å². The van der Waals surface area contributed by atoms with Crippen molar-refractivity contribution in [1.82, 2.24) is 0 Å². The maximum absolute atomic E-state index is 3.77. The number of hydrogen-bond acceptors (Lipinski definition) is 0. The predicted octanol–water partition coefficient (Wildman–Crippen LogP) is 9.31. The van der Waals surface area contributed by atoms with Crippen molar-refractivity contribution in [2.45, 2.75) is 83.6 Å². The monoisotopic (exact) mass is 606 g/mol. The Labute approximate surface area is 254 Å². The Morgan fingerprint density at radius 2 is 1.37 bits per heavy atom. The molecular formula is C38H43BrN2+2. The molecule has 2 aromatic heterocycles. The van der Waals surface area contributed by atoms with Crippen LogP contribution >= 0.6 is 15.9 Å². The minimum absolute atomic E-state index is 0.138. The van der Waals surface area contributed by atoms with E-state index in [1.807, 2.05) is 0 Å². The lowest BCUT2D eigenvalue weighted by Crippen LogP contribution is -2.59.